The lowest BCUT2D eigenvalue weighted by Crippen LogP contribution is -2.31. The third-order valence-electron chi connectivity index (χ3n) is 4.10. The Morgan fingerprint density at radius 3 is 2.38 bits per heavy atom. The normalized spacial score (nSPS) is 11.9. The number of benzene rings is 2. The SMILES string of the molecule is C[C@H](NC(=O)Nc1ccc([SH](=O)=O)cc1)c1ccc(-c2cnccn2)c(Cl)c1Cl. The maximum absolute atomic E-state index is 12.3. The van der Waals surface area contributed by atoms with E-state index in [9.17, 15) is 13.2 Å². The van der Waals surface area contributed by atoms with Crippen LogP contribution in [0.25, 0.3) is 11.3 Å². The highest BCUT2D eigenvalue weighted by Gasteiger charge is 2.18. The molecular formula is C19H16Cl2N4O3S. The number of aromatic nitrogens is 2. The van der Waals surface area contributed by atoms with Crippen molar-refractivity contribution < 1.29 is 13.2 Å². The molecule has 2 amide bonds. The van der Waals surface area contributed by atoms with Crippen LogP contribution in [0.3, 0.4) is 0 Å². The molecule has 3 aromatic rings. The van der Waals surface area contributed by atoms with Gasteiger partial charge in [-0.1, -0.05) is 35.3 Å². The second-order valence-electron chi connectivity index (χ2n) is 6.05. The predicted octanol–water partition coefficient (Wildman–Crippen LogP) is 4.30. The minimum absolute atomic E-state index is 0.170. The van der Waals surface area contributed by atoms with Gasteiger partial charge in [0.1, 0.15) is 0 Å². The van der Waals surface area contributed by atoms with Crippen molar-refractivity contribution in [2.45, 2.75) is 17.9 Å². The quantitative estimate of drug-likeness (QED) is 0.502. The van der Waals surface area contributed by atoms with Gasteiger partial charge in [0.2, 0.25) is 0 Å². The van der Waals surface area contributed by atoms with E-state index in [4.69, 9.17) is 23.2 Å². The lowest BCUT2D eigenvalue weighted by molar-refractivity contribution is 0.249. The zero-order chi connectivity index (χ0) is 21.0. The fourth-order valence-electron chi connectivity index (χ4n) is 2.64. The predicted molar refractivity (Wildman–Crippen MR) is 113 cm³/mol. The lowest BCUT2D eigenvalue weighted by Gasteiger charge is -2.18. The number of hydrogen-bond donors (Lipinski definition) is 3. The Labute approximate surface area is 179 Å². The van der Waals surface area contributed by atoms with Crippen molar-refractivity contribution in [1.82, 2.24) is 15.3 Å². The van der Waals surface area contributed by atoms with Crippen LogP contribution >= 0.6 is 23.2 Å². The smallest absolute Gasteiger partial charge is 0.319 e. The molecule has 0 unspecified atom stereocenters. The number of thiol groups is 1. The Bertz CT molecular complexity index is 1100. The van der Waals surface area contributed by atoms with E-state index in [2.05, 4.69) is 20.6 Å². The van der Waals surface area contributed by atoms with Crippen molar-refractivity contribution in [3.63, 3.8) is 0 Å². The Hall–Kier alpha value is -2.68. The summed E-state index contributed by atoms with van der Waals surface area (Å²) in [6.45, 7) is 1.77. The van der Waals surface area contributed by atoms with Gasteiger partial charge in [-0.15, -0.1) is 0 Å². The molecule has 2 aromatic carbocycles. The number of carbonyl (C=O) groups excluding carboxylic acids is 1. The molecule has 2 N–H and O–H groups in total. The van der Waals surface area contributed by atoms with Crippen LogP contribution in [0, 0.1) is 0 Å². The second-order valence-corrected chi connectivity index (χ2v) is 7.83. The summed E-state index contributed by atoms with van der Waals surface area (Å²) < 4.78 is 21.8. The number of carbonyl (C=O) groups is 1. The van der Waals surface area contributed by atoms with E-state index >= 15 is 0 Å². The summed E-state index contributed by atoms with van der Waals surface area (Å²) in [6, 6.07) is 8.45. The highest BCUT2D eigenvalue weighted by atomic mass is 35.5. The lowest BCUT2D eigenvalue weighted by atomic mass is 10.0. The zero-order valence-corrected chi connectivity index (χ0v) is 17.5. The summed E-state index contributed by atoms with van der Waals surface area (Å²) in [4.78, 5) is 20.7. The Morgan fingerprint density at radius 1 is 1.03 bits per heavy atom. The third-order valence-corrected chi connectivity index (χ3v) is 5.72. The van der Waals surface area contributed by atoms with Gasteiger partial charge in [0.25, 0.3) is 0 Å². The molecule has 0 bridgehead atoms. The molecule has 29 heavy (non-hydrogen) atoms. The van der Waals surface area contributed by atoms with Gasteiger partial charge in [0, 0.05) is 23.6 Å². The summed E-state index contributed by atoms with van der Waals surface area (Å²) in [5, 5.41) is 6.04. The Morgan fingerprint density at radius 2 is 1.76 bits per heavy atom. The maximum atomic E-state index is 12.3. The molecule has 10 heteroatoms. The molecule has 150 valence electrons. The number of rotatable bonds is 5. The summed E-state index contributed by atoms with van der Waals surface area (Å²) in [7, 11) is -2.66. The Kier molecular flexibility index (Phi) is 6.68. The average Bonchev–Trinajstić information content (AvgIpc) is 2.70. The number of nitrogens with zero attached hydrogens (tertiary/aromatic N) is 2. The van der Waals surface area contributed by atoms with Gasteiger partial charge in [-0.2, -0.15) is 0 Å². The van der Waals surface area contributed by atoms with Crippen LogP contribution < -0.4 is 10.6 Å². The van der Waals surface area contributed by atoms with Gasteiger partial charge in [-0.25, -0.2) is 13.2 Å². The van der Waals surface area contributed by atoms with Gasteiger partial charge < -0.3 is 10.6 Å². The Balaban J connectivity index is 1.72. The molecule has 0 radical (unpaired) electrons. The van der Waals surface area contributed by atoms with Gasteiger partial charge in [0.15, 0.2) is 10.7 Å². The van der Waals surface area contributed by atoms with Crippen molar-refractivity contribution in [3.8, 4) is 11.3 Å². The van der Waals surface area contributed by atoms with Crippen molar-refractivity contribution in [3.05, 3.63) is 70.6 Å². The van der Waals surface area contributed by atoms with Crippen LogP contribution in [0.5, 0.6) is 0 Å². The van der Waals surface area contributed by atoms with Crippen LogP contribution in [-0.2, 0) is 10.7 Å². The van der Waals surface area contributed by atoms with Crippen molar-refractivity contribution in [2.24, 2.45) is 0 Å². The standard InChI is InChI=1S/C19H16Cl2N4O3S/c1-11(24-19(26)25-12-2-4-13(5-3-12)29(27)28)14-6-7-15(18(21)17(14)20)16-10-22-8-9-23-16/h2-11,29H,1H3,(H2,24,25,26)/t11-/m0/s1. The van der Waals surface area contributed by atoms with Gasteiger partial charge in [0.05, 0.1) is 32.9 Å². The van der Waals surface area contributed by atoms with Crippen LogP contribution in [0.2, 0.25) is 10.0 Å². The molecule has 0 aliphatic heterocycles. The fourth-order valence-corrected chi connectivity index (χ4v) is 3.63. The molecule has 1 atom stereocenters. The van der Waals surface area contributed by atoms with E-state index in [1.165, 1.54) is 24.3 Å². The van der Waals surface area contributed by atoms with Crippen LogP contribution in [-0.4, -0.2) is 24.4 Å². The topological polar surface area (TPSA) is 101 Å². The molecule has 0 fully saturated rings. The zero-order valence-electron chi connectivity index (χ0n) is 15.1. The van der Waals surface area contributed by atoms with Crippen LogP contribution in [0.4, 0.5) is 10.5 Å². The number of urea groups is 1. The van der Waals surface area contributed by atoms with E-state index in [1.807, 2.05) is 0 Å². The largest absolute Gasteiger partial charge is 0.331 e. The van der Waals surface area contributed by atoms with Crippen molar-refractivity contribution in [2.75, 3.05) is 5.32 Å². The highest BCUT2D eigenvalue weighted by Crippen LogP contribution is 2.37. The molecular weight excluding hydrogens is 435 g/mol. The molecule has 0 saturated carbocycles. The molecule has 1 heterocycles. The van der Waals surface area contributed by atoms with Crippen molar-refractivity contribution in [1.29, 1.82) is 0 Å². The van der Waals surface area contributed by atoms with Gasteiger partial charge in [-0.05, 0) is 36.8 Å². The molecule has 1 aromatic heterocycles. The van der Waals surface area contributed by atoms with E-state index in [1.54, 1.807) is 37.6 Å². The minimum atomic E-state index is -2.66. The number of amides is 2. The monoisotopic (exact) mass is 450 g/mol. The first-order valence-corrected chi connectivity index (χ1v) is 10.4. The highest BCUT2D eigenvalue weighted by molar-refractivity contribution is 7.72. The van der Waals surface area contributed by atoms with Crippen molar-refractivity contribution >= 4 is 45.6 Å². The second kappa shape index (κ2) is 9.21. The average molecular weight is 451 g/mol. The minimum Gasteiger partial charge on any atom is -0.331 e. The molecule has 0 aliphatic carbocycles. The summed E-state index contributed by atoms with van der Waals surface area (Å²) in [5.74, 6) is 0. The fraction of sp³-hybridized carbons (Fsp3) is 0.105. The first-order chi connectivity index (χ1) is 13.9. The molecule has 0 aliphatic rings. The summed E-state index contributed by atoms with van der Waals surface area (Å²) in [6.07, 6.45) is 4.71. The van der Waals surface area contributed by atoms with E-state index < -0.39 is 22.8 Å². The van der Waals surface area contributed by atoms with Crippen LogP contribution in [0.1, 0.15) is 18.5 Å². The number of nitrogens with one attached hydrogen (secondary N) is 2. The van der Waals surface area contributed by atoms with Gasteiger partial charge in [-0.3, -0.25) is 9.97 Å². The maximum Gasteiger partial charge on any atom is 0.319 e. The summed E-state index contributed by atoms with van der Waals surface area (Å²) in [5.41, 5.74) is 2.32. The molecule has 7 nitrogen and oxygen atoms in total. The van der Waals surface area contributed by atoms with E-state index in [0.29, 0.717) is 32.6 Å². The summed E-state index contributed by atoms with van der Waals surface area (Å²) >= 11 is 12.8. The number of hydrogen-bond acceptors (Lipinski definition) is 5. The molecule has 0 spiro atoms. The van der Waals surface area contributed by atoms with E-state index in [-0.39, 0.29) is 4.90 Å². The first kappa shape index (κ1) is 21.0. The van der Waals surface area contributed by atoms with Crippen LogP contribution in [0.15, 0.2) is 59.9 Å². The molecule has 0 saturated heterocycles. The molecule has 3 rings (SSSR count). The number of halogens is 2. The van der Waals surface area contributed by atoms with Gasteiger partial charge >= 0.3 is 6.03 Å². The van der Waals surface area contributed by atoms with E-state index in [0.717, 1.165) is 0 Å². The first-order valence-electron chi connectivity index (χ1n) is 8.43. The number of anilines is 1. The third kappa shape index (κ3) is 5.03.